The highest BCUT2D eigenvalue weighted by Gasteiger charge is 2.18. The summed E-state index contributed by atoms with van der Waals surface area (Å²) in [5.74, 6) is 0.631. The molecule has 0 aromatic carbocycles. The Hall–Kier alpha value is -2.41. The van der Waals surface area contributed by atoms with Gasteiger partial charge in [0.05, 0.1) is 31.1 Å². The van der Waals surface area contributed by atoms with Crippen molar-refractivity contribution in [1.82, 2.24) is 25.0 Å². The molecule has 128 valence electrons. The highest BCUT2D eigenvalue weighted by molar-refractivity contribution is 5.72. The summed E-state index contributed by atoms with van der Waals surface area (Å²) in [6.45, 7) is 8.09. The minimum Gasteiger partial charge on any atom is -0.478 e. The fourth-order valence-electron chi connectivity index (χ4n) is 2.81. The van der Waals surface area contributed by atoms with E-state index >= 15 is 0 Å². The number of rotatable bonds is 6. The Bertz CT molecular complexity index is 696. The normalized spacial score (nSPS) is 14.2. The molecule has 2 aromatic rings. The van der Waals surface area contributed by atoms with E-state index in [1.807, 2.05) is 23.9 Å². The molecule has 0 saturated carbocycles. The number of hydrogen-bond donors (Lipinski definition) is 1. The fraction of sp³-hybridized carbons (Fsp3) is 0.471. The van der Waals surface area contributed by atoms with Crippen molar-refractivity contribution in [2.45, 2.75) is 40.0 Å². The molecule has 2 aromatic heterocycles. The van der Waals surface area contributed by atoms with Gasteiger partial charge in [-0.05, 0) is 18.6 Å². The minimum absolute atomic E-state index is 0.0365. The van der Waals surface area contributed by atoms with Gasteiger partial charge in [-0.3, -0.25) is 14.4 Å². The smallest absolute Gasteiger partial charge is 0.217 e. The molecule has 7 nitrogen and oxygen atoms in total. The second-order valence-electron chi connectivity index (χ2n) is 5.91. The zero-order chi connectivity index (χ0) is 16.9. The van der Waals surface area contributed by atoms with Gasteiger partial charge in [-0.15, -0.1) is 0 Å². The summed E-state index contributed by atoms with van der Waals surface area (Å²) in [6.07, 6.45) is 1.87. The predicted octanol–water partition coefficient (Wildman–Crippen LogP) is 1.33. The zero-order valence-corrected chi connectivity index (χ0v) is 14.2. The van der Waals surface area contributed by atoms with Crippen LogP contribution in [0.1, 0.15) is 30.8 Å². The molecule has 0 spiro atoms. The summed E-state index contributed by atoms with van der Waals surface area (Å²) >= 11 is 0. The van der Waals surface area contributed by atoms with E-state index in [1.165, 1.54) is 18.2 Å². The number of pyridine rings is 1. The number of aromatic nitrogens is 3. The van der Waals surface area contributed by atoms with Crippen molar-refractivity contribution in [3.8, 4) is 5.88 Å². The average molecular weight is 329 g/mol. The zero-order valence-electron chi connectivity index (χ0n) is 14.2. The predicted molar refractivity (Wildman–Crippen MR) is 89.3 cm³/mol. The summed E-state index contributed by atoms with van der Waals surface area (Å²) < 4.78 is 7.41. The van der Waals surface area contributed by atoms with Crippen LogP contribution in [0.15, 0.2) is 24.4 Å². The number of ether oxygens (including phenoxy) is 1. The Morgan fingerprint density at radius 1 is 1.38 bits per heavy atom. The van der Waals surface area contributed by atoms with Crippen LogP contribution in [-0.2, 0) is 31.0 Å². The van der Waals surface area contributed by atoms with Gasteiger partial charge >= 0.3 is 0 Å². The topological polar surface area (TPSA) is 72.3 Å². The van der Waals surface area contributed by atoms with E-state index in [1.54, 1.807) is 0 Å². The van der Waals surface area contributed by atoms with Crippen LogP contribution in [0.2, 0.25) is 0 Å². The van der Waals surface area contributed by atoms with Crippen molar-refractivity contribution >= 4 is 5.91 Å². The van der Waals surface area contributed by atoms with Crippen molar-refractivity contribution in [3.63, 3.8) is 0 Å². The van der Waals surface area contributed by atoms with Gasteiger partial charge in [-0.2, -0.15) is 5.10 Å². The number of fused-ring (bicyclic) bond motifs is 1. The highest BCUT2D eigenvalue weighted by Crippen LogP contribution is 2.17. The molecule has 0 bridgehead atoms. The quantitative estimate of drug-likeness (QED) is 0.865. The van der Waals surface area contributed by atoms with Gasteiger partial charge in [0.25, 0.3) is 0 Å². The summed E-state index contributed by atoms with van der Waals surface area (Å²) in [4.78, 5) is 17.7. The molecule has 0 aliphatic carbocycles. The lowest BCUT2D eigenvalue weighted by Crippen LogP contribution is -2.33. The SMILES string of the molecule is CCOc1ccc(CN2CCn3nc(CNC(C)=O)cc3C2)cn1. The number of carbonyl (C=O) groups excluding carboxylic acids is 1. The third-order valence-corrected chi connectivity index (χ3v) is 3.94. The molecule has 3 rings (SSSR count). The molecular weight excluding hydrogens is 306 g/mol. The molecular formula is C17H23N5O2. The molecule has 0 fully saturated rings. The maximum absolute atomic E-state index is 11.0. The summed E-state index contributed by atoms with van der Waals surface area (Å²) in [5, 5.41) is 7.33. The van der Waals surface area contributed by atoms with E-state index in [2.05, 4.69) is 32.4 Å². The van der Waals surface area contributed by atoms with Gasteiger partial charge < -0.3 is 10.1 Å². The molecule has 24 heavy (non-hydrogen) atoms. The highest BCUT2D eigenvalue weighted by atomic mass is 16.5. The van der Waals surface area contributed by atoms with Crippen molar-refractivity contribution in [2.75, 3.05) is 13.2 Å². The lowest BCUT2D eigenvalue weighted by molar-refractivity contribution is -0.119. The van der Waals surface area contributed by atoms with Crippen LogP contribution in [0.25, 0.3) is 0 Å². The van der Waals surface area contributed by atoms with Gasteiger partial charge in [0.2, 0.25) is 11.8 Å². The van der Waals surface area contributed by atoms with Gasteiger partial charge in [0.15, 0.2) is 0 Å². The van der Waals surface area contributed by atoms with E-state index in [-0.39, 0.29) is 5.91 Å². The molecule has 1 aliphatic rings. The summed E-state index contributed by atoms with van der Waals surface area (Å²) in [5.41, 5.74) is 3.26. The van der Waals surface area contributed by atoms with Crippen LogP contribution in [0.3, 0.4) is 0 Å². The maximum atomic E-state index is 11.0. The largest absolute Gasteiger partial charge is 0.478 e. The first-order valence-corrected chi connectivity index (χ1v) is 8.24. The molecule has 7 heteroatoms. The summed E-state index contributed by atoms with van der Waals surface area (Å²) in [7, 11) is 0. The molecule has 0 radical (unpaired) electrons. The van der Waals surface area contributed by atoms with E-state index < -0.39 is 0 Å². The van der Waals surface area contributed by atoms with Crippen molar-refractivity contribution in [1.29, 1.82) is 0 Å². The van der Waals surface area contributed by atoms with Crippen LogP contribution in [0, 0.1) is 0 Å². The first-order valence-electron chi connectivity index (χ1n) is 8.24. The van der Waals surface area contributed by atoms with E-state index in [0.29, 0.717) is 19.0 Å². The first kappa shape index (κ1) is 16.4. The third-order valence-electron chi connectivity index (χ3n) is 3.94. The Morgan fingerprint density at radius 2 is 2.25 bits per heavy atom. The van der Waals surface area contributed by atoms with Gasteiger partial charge in [0, 0.05) is 38.8 Å². The third kappa shape index (κ3) is 4.11. The van der Waals surface area contributed by atoms with Crippen LogP contribution < -0.4 is 10.1 Å². The van der Waals surface area contributed by atoms with E-state index in [0.717, 1.165) is 31.9 Å². The second kappa shape index (κ2) is 7.44. The fourth-order valence-corrected chi connectivity index (χ4v) is 2.81. The Morgan fingerprint density at radius 3 is 2.96 bits per heavy atom. The first-order chi connectivity index (χ1) is 11.6. The van der Waals surface area contributed by atoms with Crippen LogP contribution in [0.5, 0.6) is 5.88 Å². The number of hydrogen-bond acceptors (Lipinski definition) is 5. The molecule has 0 atom stereocenters. The second-order valence-corrected chi connectivity index (χ2v) is 5.91. The standard InChI is InChI=1S/C17H23N5O2/c1-3-24-17-5-4-14(9-19-17)11-21-6-7-22-16(12-21)8-15(20-22)10-18-13(2)23/h4-5,8-9H,3,6-7,10-12H2,1-2H3,(H,18,23). The summed E-state index contributed by atoms with van der Waals surface area (Å²) in [6, 6.07) is 6.04. The van der Waals surface area contributed by atoms with Crippen molar-refractivity contribution < 1.29 is 9.53 Å². The molecule has 0 saturated heterocycles. The lowest BCUT2D eigenvalue weighted by Gasteiger charge is -2.27. The molecule has 1 amide bonds. The average Bonchev–Trinajstić information content (AvgIpc) is 2.97. The molecule has 0 unspecified atom stereocenters. The van der Waals surface area contributed by atoms with Gasteiger partial charge in [-0.1, -0.05) is 6.07 Å². The number of nitrogens with one attached hydrogen (secondary N) is 1. The Labute approximate surface area is 141 Å². The van der Waals surface area contributed by atoms with Crippen molar-refractivity contribution in [2.24, 2.45) is 0 Å². The maximum Gasteiger partial charge on any atom is 0.217 e. The van der Waals surface area contributed by atoms with E-state index in [9.17, 15) is 4.79 Å². The number of nitrogens with zero attached hydrogens (tertiary/aromatic N) is 4. The Kier molecular flexibility index (Phi) is 5.10. The van der Waals surface area contributed by atoms with Gasteiger partial charge in [0.1, 0.15) is 0 Å². The van der Waals surface area contributed by atoms with Crippen LogP contribution in [-0.4, -0.2) is 38.7 Å². The van der Waals surface area contributed by atoms with Crippen molar-refractivity contribution in [3.05, 3.63) is 41.3 Å². The minimum atomic E-state index is -0.0365. The van der Waals surface area contributed by atoms with E-state index in [4.69, 9.17) is 4.74 Å². The molecule has 1 N–H and O–H groups in total. The van der Waals surface area contributed by atoms with Crippen LogP contribution >= 0.6 is 0 Å². The monoisotopic (exact) mass is 329 g/mol. The number of carbonyl (C=O) groups is 1. The molecule has 1 aliphatic heterocycles. The number of amides is 1. The lowest BCUT2D eigenvalue weighted by atomic mass is 10.2. The van der Waals surface area contributed by atoms with Gasteiger partial charge in [-0.25, -0.2) is 4.98 Å². The van der Waals surface area contributed by atoms with Crippen LogP contribution in [0.4, 0.5) is 0 Å². The Balaban J connectivity index is 1.59. The molecule has 3 heterocycles.